The van der Waals surface area contributed by atoms with E-state index >= 15 is 0 Å². The van der Waals surface area contributed by atoms with Gasteiger partial charge in [0, 0.05) is 13.1 Å². The summed E-state index contributed by atoms with van der Waals surface area (Å²) in [4.78, 5) is 13.0. The smallest absolute Gasteiger partial charge is 0.308 e. The van der Waals surface area contributed by atoms with E-state index in [1.807, 2.05) is 17.9 Å². The minimum absolute atomic E-state index is 0.105. The summed E-state index contributed by atoms with van der Waals surface area (Å²) >= 11 is 0. The van der Waals surface area contributed by atoms with Crippen LogP contribution in [-0.4, -0.2) is 49.4 Å². The second kappa shape index (κ2) is 3.90. The maximum absolute atomic E-state index is 11.1. The van der Waals surface area contributed by atoms with Gasteiger partial charge in [0.15, 0.2) is 11.5 Å². The summed E-state index contributed by atoms with van der Waals surface area (Å²) in [5.74, 6) is -0.302. The van der Waals surface area contributed by atoms with Crippen molar-refractivity contribution >= 4 is 17.4 Å². The predicted molar refractivity (Wildman–Crippen MR) is 61.1 cm³/mol. The van der Waals surface area contributed by atoms with E-state index in [2.05, 4.69) is 20.6 Å². The zero-order chi connectivity index (χ0) is 12.7. The van der Waals surface area contributed by atoms with Crippen LogP contribution in [0.5, 0.6) is 0 Å². The van der Waals surface area contributed by atoms with Gasteiger partial charge in [-0.2, -0.15) is 0 Å². The first-order chi connectivity index (χ1) is 8.65. The van der Waals surface area contributed by atoms with Crippen LogP contribution in [-0.2, 0) is 4.79 Å². The topological polar surface area (TPSA) is 96.5 Å². The van der Waals surface area contributed by atoms with Crippen molar-refractivity contribution in [1.29, 1.82) is 0 Å². The molecule has 0 saturated carbocycles. The Labute approximate surface area is 102 Å². The molecule has 8 nitrogen and oxygen atoms in total. The highest BCUT2D eigenvalue weighted by molar-refractivity contribution is 5.72. The highest BCUT2D eigenvalue weighted by atomic mass is 16.4. The van der Waals surface area contributed by atoms with Gasteiger partial charge in [0.1, 0.15) is 0 Å². The standard InChI is InChI=1S/C10H12N6O2/c1-6-4-15(5-7(6)10(17)18)9-3-2-8-11-13-14-16(8)12-9/h2-3,6-7H,4-5H2,1H3,(H,17,18)/t6-,7-/m1/s1. The number of tetrazole rings is 1. The third-order valence-corrected chi connectivity index (χ3v) is 3.31. The Hall–Kier alpha value is -2.25. The number of hydrogen-bond acceptors (Lipinski definition) is 6. The number of aromatic nitrogens is 5. The van der Waals surface area contributed by atoms with Crippen LogP contribution in [0.2, 0.25) is 0 Å². The molecule has 0 spiro atoms. The molecule has 0 bridgehead atoms. The lowest BCUT2D eigenvalue weighted by Gasteiger charge is -2.15. The van der Waals surface area contributed by atoms with Gasteiger partial charge >= 0.3 is 5.97 Å². The minimum atomic E-state index is -0.756. The Bertz CT molecular complexity index is 597. The molecule has 0 aromatic carbocycles. The molecule has 1 aliphatic rings. The van der Waals surface area contributed by atoms with Gasteiger partial charge in [0.2, 0.25) is 0 Å². The Kier molecular flexibility index (Phi) is 2.35. The lowest BCUT2D eigenvalue weighted by atomic mass is 9.99. The zero-order valence-corrected chi connectivity index (χ0v) is 9.76. The van der Waals surface area contributed by atoms with Gasteiger partial charge in [-0.1, -0.05) is 6.92 Å². The van der Waals surface area contributed by atoms with Crippen LogP contribution in [0.1, 0.15) is 6.92 Å². The van der Waals surface area contributed by atoms with Gasteiger partial charge in [-0.15, -0.1) is 14.8 Å². The van der Waals surface area contributed by atoms with Crippen molar-refractivity contribution < 1.29 is 9.90 Å². The number of carboxylic acids is 1. The lowest BCUT2D eigenvalue weighted by molar-refractivity contribution is -0.142. The Morgan fingerprint density at radius 2 is 2.28 bits per heavy atom. The summed E-state index contributed by atoms with van der Waals surface area (Å²) in [5.41, 5.74) is 0.570. The van der Waals surface area contributed by atoms with Crippen LogP contribution in [0.3, 0.4) is 0 Å². The average molecular weight is 248 g/mol. The van der Waals surface area contributed by atoms with Gasteiger partial charge in [0.25, 0.3) is 0 Å². The fraction of sp³-hybridized carbons (Fsp3) is 0.500. The SMILES string of the molecule is C[C@@H]1CN(c2ccc3nnnn3n2)C[C@H]1C(=O)O. The highest BCUT2D eigenvalue weighted by Crippen LogP contribution is 2.26. The quantitative estimate of drug-likeness (QED) is 0.777. The average Bonchev–Trinajstić information content (AvgIpc) is 2.93. The molecule has 0 amide bonds. The number of aliphatic carboxylic acids is 1. The third kappa shape index (κ3) is 1.66. The van der Waals surface area contributed by atoms with Crippen molar-refractivity contribution in [2.24, 2.45) is 11.8 Å². The fourth-order valence-electron chi connectivity index (χ4n) is 2.28. The Morgan fingerprint density at radius 1 is 1.44 bits per heavy atom. The summed E-state index contributed by atoms with van der Waals surface area (Å²) < 4.78 is 1.34. The monoisotopic (exact) mass is 248 g/mol. The van der Waals surface area contributed by atoms with Gasteiger partial charge in [-0.05, 0) is 28.5 Å². The van der Waals surface area contributed by atoms with Crippen molar-refractivity contribution in [3.05, 3.63) is 12.1 Å². The van der Waals surface area contributed by atoms with E-state index in [0.29, 0.717) is 24.6 Å². The van der Waals surface area contributed by atoms with Crippen LogP contribution < -0.4 is 4.90 Å². The van der Waals surface area contributed by atoms with Gasteiger partial charge < -0.3 is 10.0 Å². The first-order valence-electron chi connectivity index (χ1n) is 5.68. The number of rotatable bonds is 2. The molecule has 0 aliphatic carbocycles. The Morgan fingerprint density at radius 3 is 3.00 bits per heavy atom. The first-order valence-corrected chi connectivity index (χ1v) is 5.68. The zero-order valence-electron chi connectivity index (χ0n) is 9.76. The van der Waals surface area contributed by atoms with E-state index in [-0.39, 0.29) is 11.8 Å². The number of anilines is 1. The summed E-state index contributed by atoms with van der Waals surface area (Å²) in [6, 6.07) is 3.57. The number of fused-ring (bicyclic) bond motifs is 1. The van der Waals surface area contributed by atoms with Crippen LogP contribution in [0.4, 0.5) is 5.82 Å². The number of carbonyl (C=O) groups is 1. The van der Waals surface area contributed by atoms with Crippen molar-refractivity contribution in [2.45, 2.75) is 6.92 Å². The molecule has 2 atom stereocenters. The summed E-state index contributed by atoms with van der Waals surface area (Å²) in [5, 5.41) is 24.4. The molecule has 8 heteroatoms. The second-order valence-corrected chi connectivity index (χ2v) is 4.55. The van der Waals surface area contributed by atoms with E-state index in [4.69, 9.17) is 5.11 Å². The lowest BCUT2D eigenvalue weighted by Crippen LogP contribution is -2.24. The minimum Gasteiger partial charge on any atom is -0.481 e. The van der Waals surface area contributed by atoms with E-state index in [1.54, 1.807) is 6.07 Å². The maximum Gasteiger partial charge on any atom is 0.308 e. The number of nitrogens with zero attached hydrogens (tertiary/aromatic N) is 6. The molecule has 2 aromatic heterocycles. The molecule has 18 heavy (non-hydrogen) atoms. The van der Waals surface area contributed by atoms with Crippen LogP contribution in [0, 0.1) is 11.8 Å². The number of carboxylic acid groups (broad SMARTS) is 1. The Balaban J connectivity index is 1.89. The summed E-state index contributed by atoms with van der Waals surface area (Å²) in [6.45, 7) is 3.09. The molecular weight excluding hydrogens is 236 g/mol. The highest BCUT2D eigenvalue weighted by Gasteiger charge is 2.35. The first kappa shape index (κ1) is 10.9. The molecule has 3 heterocycles. The summed E-state index contributed by atoms with van der Waals surface area (Å²) in [6.07, 6.45) is 0. The van der Waals surface area contributed by atoms with Crippen LogP contribution in [0.15, 0.2) is 12.1 Å². The van der Waals surface area contributed by atoms with E-state index < -0.39 is 5.97 Å². The second-order valence-electron chi connectivity index (χ2n) is 4.55. The molecule has 1 aliphatic heterocycles. The van der Waals surface area contributed by atoms with Crippen LogP contribution in [0.25, 0.3) is 5.65 Å². The molecule has 1 fully saturated rings. The maximum atomic E-state index is 11.1. The van der Waals surface area contributed by atoms with Crippen molar-refractivity contribution in [1.82, 2.24) is 25.3 Å². The molecule has 2 aromatic rings. The van der Waals surface area contributed by atoms with Crippen molar-refractivity contribution in [3.63, 3.8) is 0 Å². The summed E-state index contributed by atoms with van der Waals surface area (Å²) in [7, 11) is 0. The van der Waals surface area contributed by atoms with Crippen molar-refractivity contribution in [2.75, 3.05) is 18.0 Å². The molecule has 0 radical (unpaired) electrons. The van der Waals surface area contributed by atoms with Gasteiger partial charge in [-0.25, -0.2) is 0 Å². The largest absolute Gasteiger partial charge is 0.481 e. The van der Waals surface area contributed by atoms with E-state index in [1.165, 1.54) is 4.63 Å². The van der Waals surface area contributed by atoms with E-state index in [0.717, 1.165) is 0 Å². The number of hydrogen-bond donors (Lipinski definition) is 1. The van der Waals surface area contributed by atoms with Gasteiger partial charge in [-0.3, -0.25) is 4.79 Å². The molecular formula is C10H12N6O2. The predicted octanol–water partition coefficient (Wildman–Crippen LogP) is -0.324. The molecule has 0 unspecified atom stereocenters. The normalized spacial score (nSPS) is 23.7. The molecule has 3 rings (SSSR count). The molecule has 1 N–H and O–H groups in total. The third-order valence-electron chi connectivity index (χ3n) is 3.31. The fourth-order valence-corrected chi connectivity index (χ4v) is 2.28. The molecule has 94 valence electrons. The van der Waals surface area contributed by atoms with Crippen LogP contribution >= 0.6 is 0 Å². The van der Waals surface area contributed by atoms with E-state index in [9.17, 15) is 4.79 Å². The van der Waals surface area contributed by atoms with Gasteiger partial charge in [0.05, 0.1) is 5.92 Å². The van der Waals surface area contributed by atoms with Crippen molar-refractivity contribution in [3.8, 4) is 0 Å². The molecule has 1 saturated heterocycles.